The molecule has 11 heavy (non-hydrogen) atoms. The van der Waals surface area contributed by atoms with Crippen LogP contribution in [0, 0.1) is 0 Å². The van der Waals surface area contributed by atoms with E-state index in [0.29, 0.717) is 10.7 Å². The van der Waals surface area contributed by atoms with E-state index in [0.717, 1.165) is 12.2 Å². The lowest BCUT2D eigenvalue weighted by molar-refractivity contribution is 1.21. The Morgan fingerprint density at radius 3 is 2.82 bits per heavy atom. The van der Waals surface area contributed by atoms with Crippen LogP contribution in [0.2, 0.25) is 5.02 Å². The second-order valence-corrected chi connectivity index (χ2v) is 2.64. The molecule has 3 N–H and O–H groups in total. The quantitative estimate of drug-likeness (QED) is 0.669. The maximum atomic E-state index is 5.87. The molecule has 0 aliphatic carbocycles. The lowest BCUT2D eigenvalue weighted by Crippen LogP contribution is -2.00. The maximum absolute atomic E-state index is 5.87. The Kier molecular flexibility index (Phi) is 2.60. The van der Waals surface area contributed by atoms with E-state index in [1.807, 2.05) is 25.1 Å². The lowest BCUT2D eigenvalue weighted by atomic mass is 10.2. The summed E-state index contributed by atoms with van der Waals surface area (Å²) in [7, 11) is 0. The third-order valence-corrected chi connectivity index (χ3v) is 1.71. The minimum atomic E-state index is 0.673. The van der Waals surface area contributed by atoms with Crippen molar-refractivity contribution in [3.63, 3.8) is 0 Å². The molecule has 0 radical (unpaired) electrons. The Hall–Kier alpha value is -0.890. The summed E-state index contributed by atoms with van der Waals surface area (Å²) in [4.78, 5) is 0. The van der Waals surface area contributed by atoms with E-state index in [9.17, 15) is 0 Å². The molecule has 0 fully saturated rings. The van der Waals surface area contributed by atoms with E-state index in [4.69, 9.17) is 17.3 Å². The van der Waals surface area contributed by atoms with Crippen molar-refractivity contribution in [2.24, 2.45) is 0 Å². The molecule has 0 saturated heterocycles. The fourth-order valence-electron chi connectivity index (χ4n) is 0.904. The summed E-state index contributed by atoms with van der Waals surface area (Å²) in [5.41, 5.74) is 7.18. The average molecular weight is 171 g/mol. The summed E-state index contributed by atoms with van der Waals surface area (Å²) in [6, 6.07) is 5.47. The van der Waals surface area contributed by atoms with Crippen LogP contribution in [0.4, 0.5) is 11.4 Å². The summed E-state index contributed by atoms with van der Waals surface area (Å²) in [6.07, 6.45) is 0. The van der Waals surface area contributed by atoms with Gasteiger partial charge in [0.05, 0.1) is 16.4 Å². The van der Waals surface area contributed by atoms with Crippen LogP contribution in [0.1, 0.15) is 6.92 Å². The van der Waals surface area contributed by atoms with Crippen molar-refractivity contribution in [2.75, 3.05) is 17.6 Å². The van der Waals surface area contributed by atoms with Crippen molar-refractivity contribution in [1.29, 1.82) is 0 Å². The standard InChI is InChI=1S/C8H11ClN2/c1-2-11-8-6(9)4-3-5-7(8)10/h3-5,11H,2,10H2,1H3. The first-order valence-electron chi connectivity index (χ1n) is 3.53. The first kappa shape index (κ1) is 8.21. The minimum absolute atomic E-state index is 0.673. The molecule has 1 aromatic rings. The summed E-state index contributed by atoms with van der Waals surface area (Å²) in [5.74, 6) is 0. The zero-order chi connectivity index (χ0) is 8.27. The van der Waals surface area contributed by atoms with Crippen LogP contribution in [0.25, 0.3) is 0 Å². The molecule has 0 atom stereocenters. The molecule has 3 heteroatoms. The predicted molar refractivity (Wildman–Crippen MR) is 50.0 cm³/mol. The van der Waals surface area contributed by atoms with Gasteiger partial charge in [-0.1, -0.05) is 17.7 Å². The summed E-state index contributed by atoms with van der Waals surface area (Å²) in [5, 5.41) is 3.76. The average Bonchev–Trinajstić information content (AvgIpc) is 1.97. The van der Waals surface area contributed by atoms with Gasteiger partial charge in [0.1, 0.15) is 0 Å². The Labute approximate surface area is 71.4 Å². The molecule has 60 valence electrons. The molecule has 0 aliphatic rings. The van der Waals surface area contributed by atoms with Crippen molar-refractivity contribution in [2.45, 2.75) is 6.92 Å². The van der Waals surface area contributed by atoms with Crippen LogP contribution < -0.4 is 11.1 Å². The second kappa shape index (κ2) is 3.49. The van der Waals surface area contributed by atoms with Crippen LogP contribution >= 0.6 is 11.6 Å². The number of nitrogens with two attached hydrogens (primary N) is 1. The van der Waals surface area contributed by atoms with Gasteiger partial charge in [-0.15, -0.1) is 0 Å². The van der Waals surface area contributed by atoms with Gasteiger partial charge >= 0.3 is 0 Å². The van der Waals surface area contributed by atoms with Crippen molar-refractivity contribution in [1.82, 2.24) is 0 Å². The number of anilines is 2. The highest BCUT2D eigenvalue weighted by molar-refractivity contribution is 6.33. The van der Waals surface area contributed by atoms with Crippen LogP contribution in [0.5, 0.6) is 0 Å². The van der Waals surface area contributed by atoms with Crippen molar-refractivity contribution >= 4 is 23.0 Å². The Balaban J connectivity index is 3.00. The number of rotatable bonds is 2. The Bertz CT molecular complexity index is 228. The molecule has 0 aliphatic heterocycles. The topological polar surface area (TPSA) is 38.0 Å². The lowest BCUT2D eigenvalue weighted by Gasteiger charge is -2.07. The number of hydrogen-bond acceptors (Lipinski definition) is 2. The van der Waals surface area contributed by atoms with Gasteiger partial charge in [0.15, 0.2) is 0 Å². The van der Waals surface area contributed by atoms with E-state index in [1.165, 1.54) is 0 Å². The molecule has 2 nitrogen and oxygen atoms in total. The van der Waals surface area contributed by atoms with Crippen molar-refractivity contribution in [3.05, 3.63) is 23.2 Å². The third-order valence-electron chi connectivity index (χ3n) is 1.40. The van der Waals surface area contributed by atoms with Gasteiger partial charge in [-0.25, -0.2) is 0 Å². The Morgan fingerprint density at radius 1 is 1.55 bits per heavy atom. The number of nitrogens with one attached hydrogen (secondary N) is 1. The highest BCUT2D eigenvalue weighted by Crippen LogP contribution is 2.27. The number of para-hydroxylation sites is 1. The molecule has 1 aromatic carbocycles. The SMILES string of the molecule is CCNc1c(N)cccc1Cl. The zero-order valence-corrected chi connectivity index (χ0v) is 7.15. The largest absolute Gasteiger partial charge is 0.397 e. The predicted octanol–water partition coefficient (Wildman–Crippen LogP) is 2.35. The molecule has 0 spiro atoms. The third kappa shape index (κ3) is 1.77. The molecular formula is C8H11ClN2. The van der Waals surface area contributed by atoms with Gasteiger partial charge < -0.3 is 11.1 Å². The fourth-order valence-corrected chi connectivity index (χ4v) is 1.15. The monoisotopic (exact) mass is 170 g/mol. The zero-order valence-electron chi connectivity index (χ0n) is 6.39. The van der Waals surface area contributed by atoms with Crippen LogP contribution in [-0.4, -0.2) is 6.54 Å². The highest BCUT2D eigenvalue weighted by Gasteiger charge is 2.00. The van der Waals surface area contributed by atoms with Crippen LogP contribution in [0.3, 0.4) is 0 Å². The maximum Gasteiger partial charge on any atom is 0.0763 e. The van der Waals surface area contributed by atoms with Gasteiger partial charge in [-0.05, 0) is 19.1 Å². The van der Waals surface area contributed by atoms with E-state index in [1.54, 1.807) is 0 Å². The molecule has 0 bridgehead atoms. The van der Waals surface area contributed by atoms with E-state index in [-0.39, 0.29) is 0 Å². The molecule has 0 unspecified atom stereocenters. The molecular weight excluding hydrogens is 160 g/mol. The summed E-state index contributed by atoms with van der Waals surface area (Å²) < 4.78 is 0. The van der Waals surface area contributed by atoms with Crippen molar-refractivity contribution < 1.29 is 0 Å². The smallest absolute Gasteiger partial charge is 0.0763 e. The van der Waals surface area contributed by atoms with Gasteiger partial charge in [-0.2, -0.15) is 0 Å². The normalized spacial score (nSPS) is 9.64. The second-order valence-electron chi connectivity index (χ2n) is 2.23. The minimum Gasteiger partial charge on any atom is -0.397 e. The number of hydrogen-bond donors (Lipinski definition) is 2. The number of halogens is 1. The first-order valence-corrected chi connectivity index (χ1v) is 3.91. The van der Waals surface area contributed by atoms with E-state index in [2.05, 4.69) is 5.32 Å². The summed E-state index contributed by atoms with van der Waals surface area (Å²) in [6.45, 7) is 2.83. The first-order chi connectivity index (χ1) is 5.25. The molecule has 0 heterocycles. The summed E-state index contributed by atoms with van der Waals surface area (Å²) >= 11 is 5.87. The van der Waals surface area contributed by atoms with Crippen LogP contribution in [-0.2, 0) is 0 Å². The number of benzene rings is 1. The van der Waals surface area contributed by atoms with Gasteiger partial charge in [0, 0.05) is 6.54 Å². The fraction of sp³-hybridized carbons (Fsp3) is 0.250. The van der Waals surface area contributed by atoms with Crippen LogP contribution in [0.15, 0.2) is 18.2 Å². The van der Waals surface area contributed by atoms with Gasteiger partial charge in [-0.3, -0.25) is 0 Å². The number of nitrogen functional groups attached to an aromatic ring is 1. The molecule has 0 aromatic heterocycles. The molecule has 1 rings (SSSR count). The highest BCUT2D eigenvalue weighted by atomic mass is 35.5. The van der Waals surface area contributed by atoms with E-state index < -0.39 is 0 Å². The van der Waals surface area contributed by atoms with Gasteiger partial charge in [0.25, 0.3) is 0 Å². The molecule has 0 amide bonds. The molecule has 0 saturated carbocycles. The van der Waals surface area contributed by atoms with E-state index >= 15 is 0 Å². The van der Waals surface area contributed by atoms with Gasteiger partial charge in [0.2, 0.25) is 0 Å². The Morgan fingerprint density at radius 2 is 2.27 bits per heavy atom. The van der Waals surface area contributed by atoms with Crippen molar-refractivity contribution in [3.8, 4) is 0 Å².